The van der Waals surface area contributed by atoms with Crippen molar-refractivity contribution in [3.63, 3.8) is 0 Å². The quantitative estimate of drug-likeness (QED) is 0.877. The summed E-state index contributed by atoms with van der Waals surface area (Å²) in [7, 11) is 0. The molecule has 0 unspecified atom stereocenters. The van der Waals surface area contributed by atoms with E-state index < -0.39 is 0 Å². The van der Waals surface area contributed by atoms with E-state index in [-0.39, 0.29) is 6.03 Å². The molecule has 0 bridgehead atoms. The molecule has 2 heterocycles. The molecule has 4 nitrogen and oxygen atoms in total. The fourth-order valence-electron chi connectivity index (χ4n) is 4.20. The summed E-state index contributed by atoms with van der Waals surface area (Å²) in [5.41, 5.74) is 4.81. The zero-order chi connectivity index (χ0) is 18.8. The molecule has 142 valence electrons. The summed E-state index contributed by atoms with van der Waals surface area (Å²) in [6.45, 7) is 8.11. The smallest absolute Gasteiger partial charge is 0.321 e. The van der Waals surface area contributed by atoms with Gasteiger partial charge >= 0.3 is 6.03 Å². The van der Waals surface area contributed by atoms with E-state index in [2.05, 4.69) is 60.5 Å². The lowest BCUT2D eigenvalue weighted by atomic mass is 9.88. The summed E-state index contributed by atoms with van der Waals surface area (Å²) < 4.78 is 0. The first-order chi connectivity index (χ1) is 13.1. The van der Waals surface area contributed by atoms with Crippen LogP contribution < -0.4 is 5.32 Å². The van der Waals surface area contributed by atoms with Gasteiger partial charge in [0.15, 0.2) is 0 Å². The van der Waals surface area contributed by atoms with E-state index in [0.29, 0.717) is 12.0 Å². The van der Waals surface area contributed by atoms with Crippen LogP contribution in [0.5, 0.6) is 0 Å². The monoisotopic (exact) mass is 363 g/mol. The van der Waals surface area contributed by atoms with Crippen LogP contribution >= 0.6 is 0 Å². The molecule has 2 amide bonds. The van der Waals surface area contributed by atoms with E-state index in [1.54, 1.807) is 0 Å². The topological polar surface area (TPSA) is 35.6 Å². The molecule has 2 aliphatic rings. The number of hydrogen-bond acceptors (Lipinski definition) is 2. The second-order valence-corrected chi connectivity index (χ2v) is 8.01. The number of aryl methyl sites for hydroxylation is 2. The summed E-state index contributed by atoms with van der Waals surface area (Å²) in [5, 5.41) is 3.03. The highest BCUT2D eigenvalue weighted by atomic mass is 16.2. The van der Waals surface area contributed by atoms with Gasteiger partial charge in [-0.15, -0.1) is 0 Å². The fourth-order valence-corrected chi connectivity index (χ4v) is 4.20. The van der Waals surface area contributed by atoms with E-state index in [1.807, 2.05) is 17.0 Å². The molecule has 2 aliphatic heterocycles. The van der Waals surface area contributed by atoms with E-state index >= 15 is 0 Å². The summed E-state index contributed by atoms with van der Waals surface area (Å²) in [5.74, 6) is 0.687. The first kappa shape index (κ1) is 18.1. The molecule has 2 saturated heterocycles. The third-order valence-electron chi connectivity index (χ3n) is 6.22. The van der Waals surface area contributed by atoms with Gasteiger partial charge in [0, 0.05) is 24.8 Å². The predicted octanol–water partition coefficient (Wildman–Crippen LogP) is 4.40. The summed E-state index contributed by atoms with van der Waals surface area (Å²) in [6, 6.07) is 17.5. The lowest BCUT2D eigenvalue weighted by Gasteiger charge is -2.47. The van der Waals surface area contributed by atoms with Gasteiger partial charge in [-0.2, -0.15) is 0 Å². The molecule has 2 fully saturated rings. The molecule has 27 heavy (non-hydrogen) atoms. The number of urea groups is 1. The molecule has 0 atom stereocenters. The Labute approximate surface area is 162 Å². The minimum Gasteiger partial charge on any atom is -0.321 e. The van der Waals surface area contributed by atoms with Crippen LogP contribution in [0.3, 0.4) is 0 Å². The molecule has 0 spiro atoms. The maximum absolute atomic E-state index is 12.5. The van der Waals surface area contributed by atoms with Crippen molar-refractivity contribution < 1.29 is 4.79 Å². The van der Waals surface area contributed by atoms with Crippen LogP contribution in [0.25, 0.3) is 0 Å². The number of rotatable bonds is 3. The van der Waals surface area contributed by atoms with Crippen molar-refractivity contribution in [1.82, 2.24) is 9.80 Å². The normalized spacial score (nSPS) is 19.0. The van der Waals surface area contributed by atoms with Crippen molar-refractivity contribution in [2.24, 2.45) is 0 Å². The number of carbonyl (C=O) groups is 1. The number of amides is 2. The molecule has 0 aromatic heterocycles. The number of nitrogens with one attached hydrogen (secondary N) is 1. The van der Waals surface area contributed by atoms with Crippen molar-refractivity contribution >= 4 is 11.7 Å². The number of benzene rings is 2. The second kappa shape index (κ2) is 7.73. The number of piperidine rings is 1. The highest BCUT2D eigenvalue weighted by Gasteiger charge is 2.36. The average Bonchev–Trinajstić information content (AvgIpc) is 2.65. The largest absolute Gasteiger partial charge is 0.321 e. The fraction of sp³-hybridized carbons (Fsp3) is 0.435. The zero-order valence-electron chi connectivity index (χ0n) is 16.3. The lowest BCUT2D eigenvalue weighted by Crippen LogP contribution is -2.62. The van der Waals surface area contributed by atoms with Crippen LogP contribution in [0.2, 0.25) is 0 Å². The van der Waals surface area contributed by atoms with Gasteiger partial charge in [-0.25, -0.2) is 4.79 Å². The Kier molecular flexibility index (Phi) is 5.17. The third kappa shape index (κ3) is 4.01. The lowest BCUT2D eigenvalue weighted by molar-refractivity contribution is 0.0454. The molecule has 0 saturated carbocycles. The summed E-state index contributed by atoms with van der Waals surface area (Å²) in [4.78, 5) is 16.9. The van der Waals surface area contributed by atoms with Crippen LogP contribution in [-0.2, 0) is 0 Å². The molecule has 2 aromatic rings. The number of anilines is 1. The number of hydrogen-bond donors (Lipinski definition) is 1. The van der Waals surface area contributed by atoms with E-state index in [4.69, 9.17) is 0 Å². The van der Waals surface area contributed by atoms with E-state index in [9.17, 15) is 4.79 Å². The molecule has 0 aliphatic carbocycles. The van der Waals surface area contributed by atoms with E-state index in [1.165, 1.54) is 29.5 Å². The van der Waals surface area contributed by atoms with Crippen LogP contribution in [0.1, 0.15) is 35.4 Å². The Morgan fingerprint density at radius 2 is 1.67 bits per heavy atom. The SMILES string of the molecule is Cc1ccc(NC(=O)N2CC(N3CCC(c4ccccc4)CC3)C2)cc1C. The number of carbonyl (C=O) groups excluding carboxylic acids is 1. The average molecular weight is 364 g/mol. The van der Waals surface area contributed by atoms with Crippen molar-refractivity contribution in [2.45, 2.75) is 38.6 Å². The maximum Gasteiger partial charge on any atom is 0.321 e. The van der Waals surface area contributed by atoms with Crippen LogP contribution in [-0.4, -0.2) is 48.1 Å². The maximum atomic E-state index is 12.5. The Balaban J connectivity index is 1.24. The molecular formula is C23H29N3O. The molecule has 0 radical (unpaired) electrons. The predicted molar refractivity (Wildman–Crippen MR) is 110 cm³/mol. The van der Waals surface area contributed by atoms with Crippen molar-refractivity contribution in [3.05, 3.63) is 65.2 Å². The van der Waals surface area contributed by atoms with Gasteiger partial charge in [-0.3, -0.25) is 4.90 Å². The van der Waals surface area contributed by atoms with Gasteiger partial charge < -0.3 is 10.2 Å². The van der Waals surface area contributed by atoms with Gasteiger partial charge in [0.1, 0.15) is 0 Å². The van der Waals surface area contributed by atoms with Gasteiger partial charge in [-0.05, 0) is 74.5 Å². The molecule has 2 aromatic carbocycles. The number of nitrogens with zero attached hydrogens (tertiary/aromatic N) is 2. The standard InChI is InChI=1S/C23H29N3O/c1-17-8-9-21(14-18(17)2)24-23(27)26-15-22(16-26)25-12-10-20(11-13-25)19-6-4-3-5-7-19/h3-9,14,20,22H,10-13,15-16H2,1-2H3,(H,24,27). The van der Waals surface area contributed by atoms with E-state index in [0.717, 1.165) is 31.9 Å². The third-order valence-corrected chi connectivity index (χ3v) is 6.22. The Morgan fingerprint density at radius 3 is 2.33 bits per heavy atom. The molecule has 4 rings (SSSR count). The zero-order valence-corrected chi connectivity index (χ0v) is 16.3. The van der Waals surface area contributed by atoms with Crippen molar-refractivity contribution in [2.75, 3.05) is 31.5 Å². The van der Waals surface area contributed by atoms with Crippen LogP contribution in [0.15, 0.2) is 48.5 Å². The second-order valence-electron chi connectivity index (χ2n) is 8.01. The highest BCUT2D eigenvalue weighted by molar-refractivity contribution is 5.90. The van der Waals surface area contributed by atoms with Gasteiger partial charge in [0.2, 0.25) is 0 Å². The Hall–Kier alpha value is -2.33. The molecule has 4 heteroatoms. The minimum absolute atomic E-state index is 0.0219. The summed E-state index contributed by atoms with van der Waals surface area (Å²) in [6.07, 6.45) is 2.44. The van der Waals surface area contributed by atoms with Crippen LogP contribution in [0.4, 0.5) is 10.5 Å². The van der Waals surface area contributed by atoms with Gasteiger partial charge in [-0.1, -0.05) is 36.4 Å². The number of likely N-dealkylation sites (tertiary alicyclic amines) is 2. The minimum atomic E-state index is 0.0219. The molecule has 1 N–H and O–H groups in total. The summed E-state index contributed by atoms with van der Waals surface area (Å²) >= 11 is 0. The van der Waals surface area contributed by atoms with Crippen molar-refractivity contribution in [1.29, 1.82) is 0 Å². The Morgan fingerprint density at radius 1 is 0.963 bits per heavy atom. The first-order valence-corrected chi connectivity index (χ1v) is 10.0. The Bertz CT molecular complexity index is 791. The first-order valence-electron chi connectivity index (χ1n) is 10.0. The van der Waals surface area contributed by atoms with Crippen LogP contribution in [0, 0.1) is 13.8 Å². The van der Waals surface area contributed by atoms with Gasteiger partial charge in [0.25, 0.3) is 0 Å². The highest BCUT2D eigenvalue weighted by Crippen LogP contribution is 2.30. The molecular weight excluding hydrogens is 334 g/mol. The van der Waals surface area contributed by atoms with Crippen molar-refractivity contribution in [3.8, 4) is 0 Å². The van der Waals surface area contributed by atoms with Gasteiger partial charge in [0.05, 0.1) is 0 Å².